The maximum atomic E-state index is 13.0. The van der Waals surface area contributed by atoms with Crippen LogP contribution in [0.5, 0.6) is 0 Å². The molecule has 0 fully saturated rings. The number of nitrogens with zero attached hydrogens (tertiary/aromatic N) is 1. The molecule has 0 spiro atoms. The Bertz CT molecular complexity index is 755. The van der Waals surface area contributed by atoms with Crippen LogP contribution in [0.25, 0.3) is 11.1 Å². The molecule has 7 heteroatoms. The highest BCUT2D eigenvalue weighted by atomic mass is 35.5. The summed E-state index contributed by atoms with van der Waals surface area (Å²) in [4.78, 5) is 12.9. The lowest BCUT2D eigenvalue weighted by Gasteiger charge is -2.12. The van der Waals surface area contributed by atoms with E-state index in [2.05, 4.69) is 0 Å². The van der Waals surface area contributed by atoms with Crippen molar-refractivity contribution in [3.63, 3.8) is 0 Å². The molecule has 1 heterocycles. The molecule has 0 aliphatic rings. The Hall–Kier alpha value is -1.40. The molecule has 0 aliphatic heterocycles. The largest absolute Gasteiger partial charge is 0.417 e. The molecule has 0 unspecified atom stereocenters. The van der Waals surface area contributed by atoms with Crippen LogP contribution in [0.15, 0.2) is 40.3 Å². The van der Waals surface area contributed by atoms with Gasteiger partial charge in [0.15, 0.2) is 0 Å². The fourth-order valence-electron chi connectivity index (χ4n) is 2.05. The Morgan fingerprint density at radius 1 is 1.27 bits per heavy atom. The molecule has 2 aromatic rings. The quantitative estimate of drug-likeness (QED) is 0.741. The summed E-state index contributed by atoms with van der Waals surface area (Å²) >= 11 is 6.97. The molecule has 2 rings (SSSR count). The third-order valence-electron chi connectivity index (χ3n) is 3.00. The van der Waals surface area contributed by atoms with Crippen molar-refractivity contribution in [3.05, 3.63) is 51.4 Å². The van der Waals surface area contributed by atoms with Crippen molar-refractivity contribution in [2.75, 3.05) is 5.75 Å². The predicted molar refractivity (Wildman–Crippen MR) is 83.5 cm³/mol. The highest BCUT2D eigenvalue weighted by molar-refractivity contribution is 7.99. The smallest absolute Gasteiger partial charge is 0.355 e. The van der Waals surface area contributed by atoms with Crippen LogP contribution >= 0.6 is 23.4 Å². The van der Waals surface area contributed by atoms with Crippen molar-refractivity contribution in [3.8, 4) is 11.1 Å². The second kappa shape index (κ2) is 6.38. The molecule has 118 valence electrons. The predicted octanol–water partition coefficient (Wildman–Crippen LogP) is 4.84. The Labute approximate surface area is 134 Å². The number of rotatable bonds is 3. The average molecular weight is 348 g/mol. The van der Waals surface area contributed by atoms with Crippen LogP contribution in [0.4, 0.5) is 13.2 Å². The maximum Gasteiger partial charge on any atom is 0.417 e. The van der Waals surface area contributed by atoms with Crippen LogP contribution in [0.2, 0.25) is 5.02 Å². The summed E-state index contributed by atoms with van der Waals surface area (Å²) in [6.45, 7) is 1.90. The fraction of sp³-hybridized carbons (Fsp3) is 0.267. The fourth-order valence-corrected chi connectivity index (χ4v) is 3.07. The van der Waals surface area contributed by atoms with E-state index in [9.17, 15) is 18.0 Å². The average Bonchev–Trinajstić information content (AvgIpc) is 2.42. The maximum absolute atomic E-state index is 13.0. The molecule has 1 aromatic carbocycles. The van der Waals surface area contributed by atoms with Gasteiger partial charge in [-0.25, -0.2) is 0 Å². The molecule has 0 atom stereocenters. The molecule has 0 aliphatic carbocycles. The van der Waals surface area contributed by atoms with Gasteiger partial charge in [-0.3, -0.25) is 4.79 Å². The highest BCUT2D eigenvalue weighted by Crippen LogP contribution is 2.36. The standard InChI is InChI=1S/C15H13ClF3NOS/c1-3-22-13-8-20(2)7-10(14(13)21)9-4-5-12(16)11(6-9)15(17,18)19/h4-8H,3H2,1-2H3. The molecular weight excluding hydrogens is 335 g/mol. The summed E-state index contributed by atoms with van der Waals surface area (Å²) in [7, 11) is 1.73. The first-order valence-corrected chi connectivity index (χ1v) is 7.80. The van der Waals surface area contributed by atoms with Gasteiger partial charge in [0.05, 0.1) is 15.5 Å². The van der Waals surface area contributed by atoms with E-state index >= 15 is 0 Å². The minimum absolute atomic E-state index is 0.205. The van der Waals surface area contributed by atoms with Crippen LogP contribution < -0.4 is 5.43 Å². The van der Waals surface area contributed by atoms with E-state index in [0.29, 0.717) is 10.6 Å². The normalized spacial score (nSPS) is 11.7. The van der Waals surface area contributed by atoms with Crippen LogP contribution in [-0.2, 0) is 13.2 Å². The molecule has 0 saturated heterocycles. The zero-order valence-electron chi connectivity index (χ0n) is 11.9. The number of aryl methyl sites for hydroxylation is 1. The first-order chi connectivity index (χ1) is 10.2. The molecule has 0 saturated carbocycles. The van der Waals surface area contributed by atoms with Gasteiger partial charge in [-0.1, -0.05) is 24.6 Å². The lowest BCUT2D eigenvalue weighted by atomic mass is 10.0. The van der Waals surface area contributed by atoms with Crippen LogP contribution in [0.3, 0.4) is 0 Å². The summed E-state index contributed by atoms with van der Waals surface area (Å²) in [5.74, 6) is 0.702. The summed E-state index contributed by atoms with van der Waals surface area (Å²) in [5, 5.41) is -0.382. The number of hydrogen-bond acceptors (Lipinski definition) is 2. The molecule has 22 heavy (non-hydrogen) atoms. The van der Waals surface area contributed by atoms with Crippen molar-refractivity contribution in [2.45, 2.75) is 18.0 Å². The summed E-state index contributed by atoms with van der Waals surface area (Å²) in [6, 6.07) is 3.51. The Kier molecular flexibility index (Phi) is 4.92. The van der Waals surface area contributed by atoms with E-state index in [4.69, 9.17) is 11.6 Å². The summed E-state index contributed by atoms with van der Waals surface area (Å²) in [6.07, 6.45) is -1.37. The van der Waals surface area contributed by atoms with Crippen LogP contribution in [0.1, 0.15) is 12.5 Å². The monoisotopic (exact) mass is 347 g/mol. The van der Waals surface area contributed by atoms with Crippen molar-refractivity contribution >= 4 is 23.4 Å². The van der Waals surface area contributed by atoms with Crippen LogP contribution in [-0.4, -0.2) is 10.3 Å². The summed E-state index contributed by atoms with van der Waals surface area (Å²) < 4.78 is 40.5. The number of benzene rings is 1. The van der Waals surface area contributed by atoms with E-state index in [0.717, 1.165) is 6.07 Å². The molecule has 0 bridgehead atoms. The number of halogens is 4. The van der Waals surface area contributed by atoms with E-state index in [1.807, 2.05) is 6.92 Å². The van der Waals surface area contributed by atoms with Gasteiger partial charge >= 0.3 is 6.18 Å². The number of pyridine rings is 1. The summed E-state index contributed by atoms with van der Waals surface area (Å²) in [5.41, 5.74) is -0.790. The number of thioether (sulfide) groups is 1. The first kappa shape index (κ1) is 17.0. The molecule has 0 N–H and O–H groups in total. The minimum atomic E-state index is -4.56. The third-order valence-corrected chi connectivity index (χ3v) is 4.22. The van der Waals surface area contributed by atoms with Gasteiger partial charge in [-0.15, -0.1) is 11.8 Å². The number of aromatic nitrogens is 1. The zero-order valence-corrected chi connectivity index (χ0v) is 13.4. The molecule has 0 amide bonds. The molecule has 1 aromatic heterocycles. The van der Waals surface area contributed by atoms with Gasteiger partial charge in [0.2, 0.25) is 5.43 Å². The zero-order chi connectivity index (χ0) is 16.5. The van der Waals surface area contributed by atoms with Gasteiger partial charge in [-0.05, 0) is 23.4 Å². The highest BCUT2D eigenvalue weighted by Gasteiger charge is 2.33. The number of hydrogen-bond donors (Lipinski definition) is 0. The van der Waals surface area contributed by atoms with Gasteiger partial charge in [-0.2, -0.15) is 13.2 Å². The van der Waals surface area contributed by atoms with Crippen molar-refractivity contribution < 1.29 is 13.2 Å². The van der Waals surface area contributed by atoms with Gasteiger partial charge in [0.25, 0.3) is 0 Å². The van der Waals surface area contributed by atoms with Crippen molar-refractivity contribution in [1.29, 1.82) is 0 Å². The van der Waals surface area contributed by atoms with Crippen LogP contribution in [0, 0.1) is 0 Å². The Morgan fingerprint density at radius 3 is 2.55 bits per heavy atom. The SMILES string of the molecule is CCSc1cn(C)cc(-c2ccc(Cl)c(C(F)(F)F)c2)c1=O. The topological polar surface area (TPSA) is 22.0 Å². The third kappa shape index (κ3) is 3.50. The van der Waals surface area contributed by atoms with Crippen molar-refractivity contribution in [2.24, 2.45) is 7.05 Å². The molecular formula is C15H13ClF3NOS. The van der Waals surface area contributed by atoms with E-state index in [1.54, 1.807) is 17.8 Å². The van der Waals surface area contributed by atoms with E-state index in [1.165, 1.54) is 30.1 Å². The van der Waals surface area contributed by atoms with E-state index < -0.39 is 11.7 Å². The van der Waals surface area contributed by atoms with Gasteiger partial charge in [0.1, 0.15) is 0 Å². The lowest BCUT2D eigenvalue weighted by molar-refractivity contribution is -0.137. The number of alkyl halides is 3. The Morgan fingerprint density at radius 2 is 1.95 bits per heavy atom. The Balaban J connectivity index is 2.65. The van der Waals surface area contributed by atoms with Gasteiger partial charge < -0.3 is 4.57 Å². The minimum Gasteiger partial charge on any atom is -0.355 e. The van der Waals surface area contributed by atoms with Crippen molar-refractivity contribution in [1.82, 2.24) is 4.57 Å². The molecule has 0 radical (unpaired) electrons. The second-order valence-corrected chi connectivity index (χ2v) is 6.37. The van der Waals surface area contributed by atoms with Gasteiger partial charge in [0, 0.05) is 25.0 Å². The second-order valence-electron chi connectivity index (χ2n) is 4.66. The van der Waals surface area contributed by atoms with E-state index in [-0.39, 0.29) is 21.6 Å². The first-order valence-electron chi connectivity index (χ1n) is 6.44. The lowest BCUT2D eigenvalue weighted by Crippen LogP contribution is -2.12. The molecule has 2 nitrogen and oxygen atoms in total.